The van der Waals surface area contributed by atoms with Crippen molar-refractivity contribution in [2.45, 2.75) is 51.6 Å². The molecule has 96 valence electrons. The Kier molecular flexibility index (Phi) is 3.11. The number of hydrogen-bond donors (Lipinski definition) is 0. The summed E-state index contributed by atoms with van der Waals surface area (Å²) in [6.07, 6.45) is 5.85. The molecule has 3 rings (SSSR count). The molecule has 0 heterocycles. The van der Waals surface area contributed by atoms with Crippen molar-refractivity contribution in [1.82, 2.24) is 4.90 Å². The summed E-state index contributed by atoms with van der Waals surface area (Å²) in [7, 11) is 0. The predicted octanol–water partition coefficient (Wildman–Crippen LogP) is 3.29. The molecule has 2 nitrogen and oxygen atoms in total. The van der Waals surface area contributed by atoms with Crippen molar-refractivity contribution < 1.29 is 4.79 Å². The van der Waals surface area contributed by atoms with Gasteiger partial charge in [-0.05, 0) is 38.2 Å². The van der Waals surface area contributed by atoms with Crippen LogP contribution in [0.1, 0.15) is 43.2 Å². The third-order valence-corrected chi connectivity index (χ3v) is 4.16. The van der Waals surface area contributed by atoms with Crippen molar-refractivity contribution in [3.05, 3.63) is 35.4 Å². The van der Waals surface area contributed by atoms with Crippen molar-refractivity contribution in [1.29, 1.82) is 0 Å². The van der Waals surface area contributed by atoms with Gasteiger partial charge in [0.05, 0.1) is 0 Å². The van der Waals surface area contributed by atoms with Gasteiger partial charge >= 0.3 is 0 Å². The van der Waals surface area contributed by atoms with Crippen LogP contribution >= 0.6 is 0 Å². The van der Waals surface area contributed by atoms with Crippen molar-refractivity contribution in [3.8, 4) is 0 Å². The van der Waals surface area contributed by atoms with Crippen LogP contribution in [0.15, 0.2) is 24.3 Å². The minimum absolute atomic E-state index is 0.329. The fraction of sp³-hybridized carbons (Fsp3) is 0.562. The molecule has 2 fully saturated rings. The first-order chi connectivity index (χ1) is 8.74. The minimum Gasteiger partial charge on any atom is -0.335 e. The molecule has 2 aliphatic rings. The van der Waals surface area contributed by atoms with Crippen LogP contribution in [0.5, 0.6) is 0 Å². The molecule has 0 unspecified atom stereocenters. The van der Waals surface area contributed by atoms with Crippen molar-refractivity contribution >= 4 is 5.91 Å². The van der Waals surface area contributed by atoms with Gasteiger partial charge in [-0.1, -0.05) is 36.2 Å². The second-order valence-electron chi connectivity index (χ2n) is 5.81. The lowest BCUT2D eigenvalue weighted by atomic mass is 9.84. The van der Waals surface area contributed by atoms with Gasteiger partial charge in [-0.3, -0.25) is 4.79 Å². The monoisotopic (exact) mass is 243 g/mol. The second kappa shape index (κ2) is 4.75. The number of carbonyl (C=O) groups is 1. The van der Waals surface area contributed by atoms with Crippen LogP contribution in [-0.2, 0) is 11.3 Å². The molecule has 0 aliphatic heterocycles. The molecular formula is C16H21NO. The lowest BCUT2D eigenvalue weighted by Gasteiger charge is -2.32. The van der Waals surface area contributed by atoms with Crippen LogP contribution in [0.4, 0.5) is 0 Å². The number of benzene rings is 1. The second-order valence-corrected chi connectivity index (χ2v) is 5.81. The summed E-state index contributed by atoms with van der Waals surface area (Å²) in [5, 5.41) is 0. The van der Waals surface area contributed by atoms with E-state index in [4.69, 9.17) is 0 Å². The van der Waals surface area contributed by atoms with Crippen molar-refractivity contribution in [2.24, 2.45) is 5.92 Å². The third-order valence-electron chi connectivity index (χ3n) is 4.16. The normalized spacial score (nSPS) is 19.4. The van der Waals surface area contributed by atoms with E-state index in [1.807, 2.05) is 0 Å². The third kappa shape index (κ3) is 2.43. The van der Waals surface area contributed by atoms with E-state index >= 15 is 0 Å². The molecule has 1 aromatic rings. The van der Waals surface area contributed by atoms with E-state index in [1.165, 1.54) is 30.4 Å². The highest BCUT2D eigenvalue weighted by Crippen LogP contribution is 2.34. The summed E-state index contributed by atoms with van der Waals surface area (Å²) in [6.45, 7) is 2.92. The Bertz CT molecular complexity index is 446. The SMILES string of the molecule is Cc1cccc(CN(C(=O)C2CCC2)C2CC2)c1. The van der Waals surface area contributed by atoms with E-state index in [2.05, 4.69) is 36.1 Å². The van der Waals surface area contributed by atoms with Crippen LogP contribution in [0.25, 0.3) is 0 Å². The number of aryl methyl sites for hydroxylation is 1. The maximum absolute atomic E-state index is 12.4. The Labute approximate surface area is 109 Å². The van der Waals surface area contributed by atoms with Crippen molar-refractivity contribution in [2.75, 3.05) is 0 Å². The number of amides is 1. The highest BCUT2D eigenvalue weighted by atomic mass is 16.2. The Morgan fingerprint density at radius 3 is 2.61 bits per heavy atom. The Hall–Kier alpha value is -1.31. The van der Waals surface area contributed by atoms with E-state index in [-0.39, 0.29) is 0 Å². The molecule has 18 heavy (non-hydrogen) atoms. The van der Waals surface area contributed by atoms with Gasteiger partial charge in [0.25, 0.3) is 0 Å². The zero-order valence-corrected chi connectivity index (χ0v) is 11.1. The molecule has 0 N–H and O–H groups in total. The molecule has 0 radical (unpaired) electrons. The molecule has 0 spiro atoms. The average molecular weight is 243 g/mol. The summed E-state index contributed by atoms with van der Waals surface area (Å²) >= 11 is 0. The number of hydrogen-bond acceptors (Lipinski definition) is 1. The molecule has 0 atom stereocenters. The quantitative estimate of drug-likeness (QED) is 0.794. The molecule has 2 saturated carbocycles. The fourth-order valence-electron chi connectivity index (χ4n) is 2.67. The first kappa shape index (κ1) is 11.8. The molecule has 0 saturated heterocycles. The number of carbonyl (C=O) groups excluding carboxylic acids is 1. The number of nitrogens with zero attached hydrogens (tertiary/aromatic N) is 1. The van der Waals surface area contributed by atoms with Gasteiger partial charge in [-0.2, -0.15) is 0 Å². The standard InChI is InChI=1S/C16H21NO/c1-12-4-2-5-13(10-12)11-17(15-8-9-15)16(18)14-6-3-7-14/h2,4-5,10,14-15H,3,6-9,11H2,1H3. The molecule has 2 heteroatoms. The van der Waals surface area contributed by atoms with E-state index in [9.17, 15) is 4.79 Å². The fourth-order valence-corrected chi connectivity index (χ4v) is 2.67. The Balaban J connectivity index is 1.71. The van der Waals surface area contributed by atoms with Gasteiger partial charge in [-0.15, -0.1) is 0 Å². The van der Waals surface area contributed by atoms with E-state index in [1.54, 1.807) is 0 Å². The van der Waals surface area contributed by atoms with Gasteiger partial charge < -0.3 is 4.90 Å². The Morgan fingerprint density at radius 1 is 1.28 bits per heavy atom. The molecule has 2 aliphatic carbocycles. The summed E-state index contributed by atoms with van der Waals surface area (Å²) in [5.41, 5.74) is 2.55. The van der Waals surface area contributed by atoms with E-state index in [0.717, 1.165) is 19.4 Å². The maximum atomic E-state index is 12.4. The highest BCUT2D eigenvalue weighted by Gasteiger charge is 2.37. The zero-order valence-electron chi connectivity index (χ0n) is 11.1. The zero-order chi connectivity index (χ0) is 12.5. The molecule has 1 amide bonds. The van der Waals surface area contributed by atoms with Gasteiger partial charge in [-0.25, -0.2) is 0 Å². The van der Waals surface area contributed by atoms with Gasteiger partial charge in [0.15, 0.2) is 0 Å². The first-order valence-corrected chi connectivity index (χ1v) is 7.10. The topological polar surface area (TPSA) is 20.3 Å². The van der Waals surface area contributed by atoms with E-state index < -0.39 is 0 Å². The smallest absolute Gasteiger partial charge is 0.226 e. The molecule has 0 aromatic heterocycles. The maximum Gasteiger partial charge on any atom is 0.226 e. The summed E-state index contributed by atoms with van der Waals surface area (Å²) in [5.74, 6) is 0.737. The van der Waals surface area contributed by atoms with Crippen LogP contribution in [0.2, 0.25) is 0 Å². The van der Waals surface area contributed by atoms with Gasteiger partial charge in [0, 0.05) is 18.5 Å². The van der Waals surface area contributed by atoms with Gasteiger partial charge in [0.2, 0.25) is 5.91 Å². The lowest BCUT2D eigenvalue weighted by molar-refractivity contribution is -0.139. The average Bonchev–Trinajstić information content (AvgIpc) is 3.07. The number of rotatable bonds is 4. The van der Waals surface area contributed by atoms with Crippen LogP contribution in [0, 0.1) is 12.8 Å². The van der Waals surface area contributed by atoms with E-state index in [0.29, 0.717) is 17.9 Å². The Morgan fingerprint density at radius 2 is 2.06 bits per heavy atom. The van der Waals surface area contributed by atoms with Crippen molar-refractivity contribution in [3.63, 3.8) is 0 Å². The van der Waals surface area contributed by atoms with Crippen LogP contribution in [0.3, 0.4) is 0 Å². The van der Waals surface area contributed by atoms with Crippen LogP contribution in [-0.4, -0.2) is 16.8 Å². The predicted molar refractivity (Wildman–Crippen MR) is 72.1 cm³/mol. The molecule has 0 bridgehead atoms. The molecular weight excluding hydrogens is 222 g/mol. The highest BCUT2D eigenvalue weighted by molar-refractivity contribution is 5.80. The summed E-state index contributed by atoms with van der Waals surface area (Å²) in [6, 6.07) is 9.06. The minimum atomic E-state index is 0.329. The van der Waals surface area contributed by atoms with Gasteiger partial charge in [0.1, 0.15) is 0 Å². The summed E-state index contributed by atoms with van der Waals surface area (Å²) in [4.78, 5) is 14.6. The molecule has 1 aromatic carbocycles. The van der Waals surface area contributed by atoms with Crippen LogP contribution < -0.4 is 0 Å². The summed E-state index contributed by atoms with van der Waals surface area (Å²) < 4.78 is 0. The lowest BCUT2D eigenvalue weighted by Crippen LogP contribution is -2.39. The first-order valence-electron chi connectivity index (χ1n) is 7.10. The largest absolute Gasteiger partial charge is 0.335 e.